The molecule has 5 heteroatoms. The van der Waals surface area contributed by atoms with Gasteiger partial charge in [-0.3, -0.25) is 4.57 Å². The zero-order valence-electron chi connectivity index (χ0n) is 14.4. The average molecular weight is 351 g/mol. The standard InChI is InChI=1S/C20H22N4S/c1-3-14-23-19(18-12-8-5-9-13-18)21-24(20(23)25)16-22(2)15-17-10-6-4-7-11-17/h3-13H,1,14-16H2,2H3/p+1. The van der Waals surface area contributed by atoms with Crippen LogP contribution >= 0.6 is 12.2 Å². The van der Waals surface area contributed by atoms with E-state index in [9.17, 15) is 0 Å². The van der Waals surface area contributed by atoms with Gasteiger partial charge in [0, 0.05) is 17.7 Å². The van der Waals surface area contributed by atoms with Gasteiger partial charge in [-0.25, -0.2) is 0 Å². The van der Waals surface area contributed by atoms with Crippen molar-refractivity contribution >= 4 is 12.2 Å². The third-order valence-corrected chi connectivity index (χ3v) is 4.47. The maximum atomic E-state index is 5.66. The second-order valence-corrected chi connectivity index (χ2v) is 6.51. The molecule has 0 aliphatic heterocycles. The van der Waals surface area contributed by atoms with E-state index in [0.717, 1.165) is 29.4 Å². The first-order chi connectivity index (χ1) is 12.2. The van der Waals surface area contributed by atoms with Crippen LogP contribution in [-0.4, -0.2) is 21.4 Å². The number of hydrogen-bond acceptors (Lipinski definition) is 2. The van der Waals surface area contributed by atoms with Crippen molar-refractivity contribution in [1.29, 1.82) is 0 Å². The number of nitrogens with zero attached hydrogens (tertiary/aromatic N) is 3. The van der Waals surface area contributed by atoms with Crippen LogP contribution in [0.2, 0.25) is 0 Å². The van der Waals surface area contributed by atoms with E-state index in [1.807, 2.05) is 39.6 Å². The normalized spacial score (nSPS) is 12.0. The Labute approximate surface area is 153 Å². The van der Waals surface area contributed by atoms with E-state index in [0.29, 0.717) is 6.54 Å². The van der Waals surface area contributed by atoms with E-state index in [2.05, 4.69) is 50.0 Å². The summed E-state index contributed by atoms with van der Waals surface area (Å²) in [6.07, 6.45) is 1.86. The van der Waals surface area contributed by atoms with Gasteiger partial charge in [0.05, 0.1) is 7.05 Å². The molecule has 1 atom stereocenters. The fourth-order valence-corrected chi connectivity index (χ4v) is 3.16. The Morgan fingerprint density at radius 1 is 1.08 bits per heavy atom. The topological polar surface area (TPSA) is 27.2 Å². The van der Waals surface area contributed by atoms with Crippen molar-refractivity contribution in [3.8, 4) is 11.4 Å². The monoisotopic (exact) mass is 351 g/mol. The number of allylic oxidation sites excluding steroid dienone is 1. The lowest BCUT2D eigenvalue weighted by Crippen LogP contribution is -3.07. The van der Waals surface area contributed by atoms with Crippen molar-refractivity contribution in [3.63, 3.8) is 0 Å². The third kappa shape index (κ3) is 4.13. The molecule has 1 N–H and O–H groups in total. The van der Waals surface area contributed by atoms with Gasteiger partial charge in [0.1, 0.15) is 6.54 Å². The summed E-state index contributed by atoms with van der Waals surface area (Å²) in [5.41, 5.74) is 2.37. The zero-order chi connectivity index (χ0) is 17.6. The molecular weight excluding hydrogens is 328 g/mol. The third-order valence-electron chi connectivity index (χ3n) is 4.03. The van der Waals surface area contributed by atoms with Crippen LogP contribution in [0.15, 0.2) is 73.3 Å². The van der Waals surface area contributed by atoms with Gasteiger partial charge in [0.25, 0.3) is 0 Å². The van der Waals surface area contributed by atoms with Crippen molar-refractivity contribution in [1.82, 2.24) is 14.3 Å². The highest BCUT2D eigenvalue weighted by Crippen LogP contribution is 2.17. The highest BCUT2D eigenvalue weighted by atomic mass is 32.1. The molecule has 0 saturated heterocycles. The van der Waals surface area contributed by atoms with Gasteiger partial charge in [-0.2, -0.15) is 4.68 Å². The maximum Gasteiger partial charge on any atom is 0.203 e. The highest BCUT2D eigenvalue weighted by molar-refractivity contribution is 7.71. The predicted molar refractivity (Wildman–Crippen MR) is 104 cm³/mol. The van der Waals surface area contributed by atoms with Gasteiger partial charge in [0.2, 0.25) is 4.77 Å². The molecule has 1 unspecified atom stereocenters. The van der Waals surface area contributed by atoms with Crippen LogP contribution in [0.5, 0.6) is 0 Å². The van der Waals surface area contributed by atoms with E-state index >= 15 is 0 Å². The van der Waals surface area contributed by atoms with Crippen LogP contribution in [0.1, 0.15) is 5.56 Å². The van der Waals surface area contributed by atoms with Crippen molar-refractivity contribution in [3.05, 3.63) is 83.7 Å². The van der Waals surface area contributed by atoms with Crippen LogP contribution < -0.4 is 4.90 Å². The maximum absolute atomic E-state index is 5.66. The van der Waals surface area contributed by atoms with Crippen LogP contribution in [0.4, 0.5) is 0 Å². The summed E-state index contributed by atoms with van der Waals surface area (Å²) in [4.78, 5) is 1.32. The number of quaternary nitrogens is 1. The van der Waals surface area contributed by atoms with Gasteiger partial charge in [-0.1, -0.05) is 66.7 Å². The smallest absolute Gasteiger partial charge is 0.203 e. The molecule has 0 amide bonds. The van der Waals surface area contributed by atoms with Gasteiger partial charge in [-0.15, -0.1) is 11.7 Å². The lowest BCUT2D eigenvalue weighted by atomic mass is 10.2. The first kappa shape index (κ1) is 17.3. The van der Waals surface area contributed by atoms with Crippen molar-refractivity contribution in [2.24, 2.45) is 0 Å². The lowest BCUT2D eigenvalue weighted by Gasteiger charge is -2.13. The largest absolute Gasteiger partial charge is 0.315 e. The molecule has 3 aromatic rings. The van der Waals surface area contributed by atoms with Crippen molar-refractivity contribution in [2.75, 3.05) is 7.05 Å². The minimum Gasteiger partial charge on any atom is -0.315 e. The Morgan fingerprint density at radius 2 is 1.72 bits per heavy atom. The number of nitrogens with one attached hydrogen (secondary N) is 1. The molecule has 4 nitrogen and oxygen atoms in total. The lowest BCUT2D eigenvalue weighted by molar-refractivity contribution is -0.917. The summed E-state index contributed by atoms with van der Waals surface area (Å²) in [5, 5.41) is 4.79. The second-order valence-electron chi connectivity index (χ2n) is 6.15. The zero-order valence-corrected chi connectivity index (χ0v) is 15.2. The fraction of sp³-hybridized carbons (Fsp3) is 0.200. The Balaban J connectivity index is 1.86. The number of hydrogen-bond donors (Lipinski definition) is 1. The molecule has 0 fully saturated rings. The van der Waals surface area contributed by atoms with E-state index in [1.165, 1.54) is 10.5 Å². The summed E-state index contributed by atoms with van der Waals surface area (Å²) in [6.45, 7) is 6.15. The molecule has 0 spiro atoms. The number of benzene rings is 2. The number of rotatable bonds is 7. The summed E-state index contributed by atoms with van der Waals surface area (Å²) in [6, 6.07) is 20.6. The SMILES string of the molecule is C=CCn1c(-c2ccccc2)nn(C[NH+](C)Cc2ccccc2)c1=S. The first-order valence-corrected chi connectivity index (χ1v) is 8.79. The van der Waals surface area contributed by atoms with Crippen molar-refractivity contribution in [2.45, 2.75) is 19.8 Å². The van der Waals surface area contributed by atoms with E-state index in [-0.39, 0.29) is 0 Å². The van der Waals surface area contributed by atoms with E-state index < -0.39 is 0 Å². The molecule has 1 heterocycles. The molecule has 25 heavy (non-hydrogen) atoms. The fourth-order valence-electron chi connectivity index (χ4n) is 2.89. The summed E-state index contributed by atoms with van der Waals surface area (Å²) >= 11 is 5.66. The van der Waals surface area contributed by atoms with Gasteiger partial charge < -0.3 is 4.90 Å². The van der Waals surface area contributed by atoms with Gasteiger partial charge in [-0.05, 0) is 12.2 Å². The molecular formula is C20H23N4S+. The van der Waals surface area contributed by atoms with Crippen LogP contribution in [0.25, 0.3) is 11.4 Å². The molecule has 0 aliphatic rings. The Bertz CT molecular complexity index is 881. The molecule has 1 aromatic heterocycles. The summed E-state index contributed by atoms with van der Waals surface area (Å²) in [5.74, 6) is 0.887. The summed E-state index contributed by atoms with van der Waals surface area (Å²) in [7, 11) is 2.16. The molecule has 0 radical (unpaired) electrons. The van der Waals surface area contributed by atoms with Crippen LogP contribution in [0.3, 0.4) is 0 Å². The Hall–Kier alpha value is -2.50. The molecule has 0 bridgehead atoms. The summed E-state index contributed by atoms with van der Waals surface area (Å²) < 4.78 is 4.68. The first-order valence-electron chi connectivity index (χ1n) is 8.38. The Kier molecular flexibility index (Phi) is 5.58. The molecule has 0 aliphatic carbocycles. The Morgan fingerprint density at radius 3 is 2.36 bits per heavy atom. The molecule has 128 valence electrons. The minimum absolute atomic E-state index is 0.654. The van der Waals surface area contributed by atoms with Gasteiger partial charge >= 0.3 is 0 Å². The second kappa shape index (κ2) is 8.05. The number of aromatic nitrogens is 3. The predicted octanol–water partition coefficient (Wildman–Crippen LogP) is 2.94. The molecule has 0 saturated carbocycles. The highest BCUT2D eigenvalue weighted by Gasteiger charge is 2.14. The molecule has 3 rings (SSSR count). The quantitative estimate of drug-likeness (QED) is 0.523. The molecule has 2 aromatic carbocycles. The van der Waals surface area contributed by atoms with E-state index in [1.54, 1.807) is 0 Å². The van der Waals surface area contributed by atoms with Gasteiger partial charge in [0.15, 0.2) is 12.5 Å². The van der Waals surface area contributed by atoms with Crippen LogP contribution in [-0.2, 0) is 19.8 Å². The van der Waals surface area contributed by atoms with E-state index in [4.69, 9.17) is 17.3 Å². The van der Waals surface area contributed by atoms with Crippen LogP contribution in [0, 0.1) is 4.77 Å². The van der Waals surface area contributed by atoms with Crippen molar-refractivity contribution < 1.29 is 4.90 Å². The average Bonchev–Trinajstić information content (AvgIpc) is 2.93. The minimum atomic E-state index is 0.654.